The van der Waals surface area contributed by atoms with Gasteiger partial charge in [-0.15, -0.1) is 0 Å². The molecule has 0 bridgehead atoms. The smallest absolute Gasteiger partial charge is 0.278 e. The van der Waals surface area contributed by atoms with Gasteiger partial charge in [0.15, 0.2) is 0 Å². The van der Waals surface area contributed by atoms with Gasteiger partial charge in [-0.2, -0.15) is 17.6 Å². The van der Waals surface area contributed by atoms with Gasteiger partial charge in [0, 0.05) is 9.79 Å². The van der Waals surface area contributed by atoms with Crippen molar-refractivity contribution in [2.24, 2.45) is 0 Å². The summed E-state index contributed by atoms with van der Waals surface area (Å²) in [7, 11) is 0. The van der Waals surface area contributed by atoms with Crippen LogP contribution in [-0.2, 0) is 9.59 Å². The van der Waals surface area contributed by atoms with Gasteiger partial charge in [-0.3, -0.25) is 9.59 Å². The van der Waals surface area contributed by atoms with E-state index in [9.17, 15) is 27.2 Å². The molecule has 0 aromatic heterocycles. The molecule has 0 aliphatic heterocycles. The van der Waals surface area contributed by atoms with E-state index in [4.69, 9.17) is 0 Å². The molecule has 0 aliphatic carbocycles. The SMILES string of the molecule is O=C(Sc1ccc(SC(=O)C(F)(F)Cl)cc1)C(F)(F)Cl. The third kappa shape index (κ3) is 5.51. The lowest BCUT2D eigenvalue weighted by molar-refractivity contribution is -0.124. The van der Waals surface area contributed by atoms with Crippen molar-refractivity contribution in [2.45, 2.75) is 20.6 Å². The van der Waals surface area contributed by atoms with Crippen LogP contribution in [-0.4, -0.2) is 21.0 Å². The van der Waals surface area contributed by atoms with Gasteiger partial charge in [-0.1, -0.05) is 0 Å². The van der Waals surface area contributed by atoms with Crippen molar-refractivity contribution in [3.8, 4) is 0 Å². The van der Waals surface area contributed by atoms with Gasteiger partial charge in [-0.25, -0.2) is 0 Å². The van der Waals surface area contributed by atoms with Gasteiger partial charge >= 0.3 is 10.8 Å². The molecule has 0 N–H and O–H groups in total. The Morgan fingerprint density at radius 1 is 0.800 bits per heavy atom. The monoisotopic (exact) mass is 366 g/mol. The van der Waals surface area contributed by atoms with Crippen LogP contribution < -0.4 is 0 Å². The molecule has 1 aromatic rings. The van der Waals surface area contributed by atoms with E-state index < -0.39 is 21.0 Å². The molecule has 1 aromatic carbocycles. The summed E-state index contributed by atoms with van der Waals surface area (Å²) in [6.07, 6.45) is 0. The van der Waals surface area contributed by atoms with Gasteiger partial charge < -0.3 is 0 Å². The summed E-state index contributed by atoms with van der Waals surface area (Å²) in [4.78, 5) is 22.1. The van der Waals surface area contributed by atoms with Crippen LogP contribution in [0.15, 0.2) is 34.1 Å². The van der Waals surface area contributed by atoms with E-state index in [-0.39, 0.29) is 33.3 Å². The largest absolute Gasteiger partial charge is 0.390 e. The molecule has 0 spiro atoms. The van der Waals surface area contributed by atoms with Crippen molar-refractivity contribution >= 4 is 57.0 Å². The zero-order valence-corrected chi connectivity index (χ0v) is 12.4. The molecule has 20 heavy (non-hydrogen) atoms. The molecule has 0 saturated heterocycles. The zero-order chi connectivity index (χ0) is 15.6. The molecule has 0 fully saturated rings. The fraction of sp³-hybridized carbons (Fsp3) is 0.200. The Bertz CT molecular complexity index is 464. The van der Waals surface area contributed by atoms with Gasteiger partial charge in [0.2, 0.25) is 0 Å². The van der Waals surface area contributed by atoms with E-state index in [0.717, 1.165) is 0 Å². The Morgan fingerprint density at radius 2 is 1.05 bits per heavy atom. The molecule has 0 atom stereocenters. The summed E-state index contributed by atoms with van der Waals surface area (Å²) in [5.74, 6) is 0. The van der Waals surface area contributed by atoms with Gasteiger partial charge in [0.05, 0.1) is 0 Å². The number of rotatable bonds is 4. The average molecular weight is 367 g/mol. The van der Waals surface area contributed by atoms with Crippen molar-refractivity contribution in [1.29, 1.82) is 0 Å². The molecular weight excluding hydrogens is 363 g/mol. The lowest BCUT2D eigenvalue weighted by Crippen LogP contribution is -2.17. The number of carbonyl (C=O) groups is 2. The maximum atomic E-state index is 12.4. The molecule has 0 unspecified atom stereocenters. The number of hydrogen-bond acceptors (Lipinski definition) is 4. The Hall–Kier alpha value is -0.440. The van der Waals surface area contributed by atoms with Crippen LogP contribution in [0, 0.1) is 0 Å². The molecule has 1 rings (SSSR count). The maximum absolute atomic E-state index is 12.4. The van der Waals surface area contributed by atoms with Crippen molar-refractivity contribution in [1.82, 2.24) is 0 Å². The highest BCUT2D eigenvalue weighted by Crippen LogP contribution is 2.34. The topological polar surface area (TPSA) is 34.1 Å². The van der Waals surface area contributed by atoms with Crippen LogP contribution in [0.1, 0.15) is 0 Å². The molecule has 0 saturated carbocycles. The fourth-order valence-electron chi connectivity index (χ4n) is 0.906. The summed E-state index contributed by atoms with van der Waals surface area (Å²) in [5, 5.41) is -11.1. The fourth-order valence-corrected chi connectivity index (χ4v) is 2.34. The van der Waals surface area contributed by atoms with E-state index in [1.54, 1.807) is 0 Å². The van der Waals surface area contributed by atoms with E-state index in [0.29, 0.717) is 0 Å². The second-order valence-electron chi connectivity index (χ2n) is 3.25. The molecular formula is C10H4Cl2F4O2S2. The van der Waals surface area contributed by atoms with Crippen LogP contribution in [0.25, 0.3) is 0 Å². The Balaban J connectivity index is 2.71. The number of thioether (sulfide) groups is 2. The van der Waals surface area contributed by atoms with E-state index in [1.165, 1.54) is 24.3 Å². The third-order valence-electron chi connectivity index (χ3n) is 1.71. The molecule has 2 nitrogen and oxygen atoms in total. The highest BCUT2D eigenvalue weighted by Gasteiger charge is 2.37. The minimum atomic E-state index is -3.99. The summed E-state index contributed by atoms with van der Waals surface area (Å²) >= 11 is 9.46. The number of benzene rings is 1. The van der Waals surface area contributed by atoms with E-state index in [1.807, 2.05) is 0 Å². The predicted molar refractivity (Wildman–Crippen MR) is 69.8 cm³/mol. The Kier molecular flexibility index (Phi) is 5.77. The van der Waals surface area contributed by atoms with E-state index >= 15 is 0 Å². The summed E-state index contributed by atoms with van der Waals surface area (Å²) in [6.45, 7) is 0. The molecule has 0 aliphatic rings. The van der Waals surface area contributed by atoms with Crippen LogP contribution in [0.2, 0.25) is 0 Å². The third-order valence-corrected chi connectivity index (χ3v) is 4.17. The lowest BCUT2D eigenvalue weighted by atomic mass is 10.4. The Morgan fingerprint density at radius 3 is 1.25 bits per heavy atom. The summed E-state index contributed by atoms with van der Waals surface area (Å²) in [6, 6.07) is 4.86. The van der Waals surface area contributed by atoms with Crippen molar-refractivity contribution < 1.29 is 27.2 Å². The first-order valence-corrected chi connectivity index (χ1v) is 7.07. The molecule has 110 valence electrons. The second kappa shape index (κ2) is 6.55. The standard InChI is InChI=1S/C10H4Cl2F4O2S2/c11-9(13,14)7(17)19-5-1-2-6(4-3-5)20-8(18)10(12,15)16/h1-4H. The highest BCUT2D eigenvalue weighted by atomic mass is 35.5. The number of halogens is 6. The normalized spacial score (nSPS) is 12.3. The second-order valence-corrected chi connectivity index (χ2v) is 6.29. The predicted octanol–water partition coefficient (Wildman–Crippen LogP) is 4.59. The van der Waals surface area contributed by atoms with Gasteiger partial charge in [0.1, 0.15) is 0 Å². The van der Waals surface area contributed by atoms with Gasteiger partial charge in [0.25, 0.3) is 10.2 Å². The van der Waals surface area contributed by atoms with Crippen molar-refractivity contribution in [3.05, 3.63) is 24.3 Å². The lowest BCUT2D eigenvalue weighted by Gasteiger charge is -2.07. The van der Waals surface area contributed by atoms with Crippen LogP contribution in [0.3, 0.4) is 0 Å². The summed E-state index contributed by atoms with van der Waals surface area (Å²) in [5.41, 5.74) is 0. The molecule has 0 amide bonds. The highest BCUT2D eigenvalue weighted by molar-refractivity contribution is 8.14. The Labute approximate surface area is 129 Å². The molecule has 10 heteroatoms. The van der Waals surface area contributed by atoms with Crippen LogP contribution in [0.5, 0.6) is 0 Å². The minimum absolute atomic E-state index is 0.129. The number of carbonyl (C=O) groups excluding carboxylic acids is 2. The summed E-state index contributed by atoms with van der Waals surface area (Å²) < 4.78 is 49.7. The zero-order valence-electron chi connectivity index (χ0n) is 9.21. The average Bonchev–Trinajstić information content (AvgIpc) is 2.29. The molecule has 0 heterocycles. The molecule has 0 radical (unpaired) electrons. The maximum Gasteiger partial charge on any atom is 0.390 e. The van der Waals surface area contributed by atoms with Crippen molar-refractivity contribution in [3.63, 3.8) is 0 Å². The number of alkyl halides is 6. The van der Waals surface area contributed by atoms with Crippen molar-refractivity contribution in [2.75, 3.05) is 0 Å². The first-order valence-electron chi connectivity index (χ1n) is 4.68. The first kappa shape index (κ1) is 17.6. The van der Waals surface area contributed by atoms with E-state index in [2.05, 4.69) is 23.2 Å². The quantitative estimate of drug-likeness (QED) is 0.443. The van der Waals surface area contributed by atoms with Crippen LogP contribution in [0.4, 0.5) is 17.6 Å². The number of hydrogen-bond donors (Lipinski definition) is 0. The minimum Gasteiger partial charge on any atom is -0.278 e. The first-order chi connectivity index (χ1) is 9.00. The van der Waals surface area contributed by atoms with Crippen LogP contribution >= 0.6 is 46.7 Å². The van der Waals surface area contributed by atoms with Gasteiger partial charge in [-0.05, 0) is 71.0 Å².